The van der Waals surface area contributed by atoms with E-state index in [2.05, 4.69) is 75.0 Å². The van der Waals surface area contributed by atoms with Crippen molar-refractivity contribution < 1.29 is 9.53 Å². The van der Waals surface area contributed by atoms with Crippen molar-refractivity contribution in [1.82, 2.24) is 0 Å². The molecule has 0 rings (SSSR count). The van der Waals surface area contributed by atoms with Crippen molar-refractivity contribution in [3.63, 3.8) is 0 Å². The van der Waals surface area contributed by atoms with Gasteiger partial charge in [-0.15, -0.1) is 6.58 Å². The van der Waals surface area contributed by atoms with Crippen molar-refractivity contribution in [3.8, 4) is 0 Å². The normalized spacial score (nSPS) is 13.9. The smallest absolute Gasteiger partial charge is 0.305 e. The Morgan fingerprint density at radius 2 is 0.800 bits per heavy atom. The summed E-state index contributed by atoms with van der Waals surface area (Å²) in [4.78, 5) is 12.0. The van der Waals surface area contributed by atoms with Gasteiger partial charge >= 0.3 is 5.97 Å². The topological polar surface area (TPSA) is 26.3 Å². The lowest BCUT2D eigenvalue weighted by Gasteiger charge is -2.15. The number of esters is 1. The van der Waals surface area contributed by atoms with Gasteiger partial charge in [0.2, 0.25) is 0 Å². The van der Waals surface area contributed by atoms with Gasteiger partial charge in [0.15, 0.2) is 0 Å². The molecule has 50 heavy (non-hydrogen) atoms. The molecule has 4 unspecified atom stereocenters. The minimum Gasteiger partial charge on any atom is -0.466 e. The molecule has 0 saturated carbocycles. The molecule has 0 spiro atoms. The third kappa shape index (κ3) is 43.4. The number of hydrogen-bond acceptors (Lipinski definition) is 2. The van der Waals surface area contributed by atoms with Crippen LogP contribution in [0.1, 0.15) is 249 Å². The zero-order valence-electron chi connectivity index (χ0n) is 36.3. The van der Waals surface area contributed by atoms with Crippen LogP contribution in [0, 0.1) is 35.5 Å². The third-order valence-corrected chi connectivity index (χ3v) is 11.0. The average molecular weight is 705 g/mol. The largest absolute Gasteiger partial charge is 0.466 e. The zero-order chi connectivity index (χ0) is 37.7. The summed E-state index contributed by atoms with van der Waals surface area (Å²) in [6, 6.07) is 0. The van der Waals surface area contributed by atoms with Crippen LogP contribution in [-0.4, -0.2) is 12.6 Å². The summed E-state index contributed by atoms with van der Waals surface area (Å²) in [7, 11) is 0. The first-order valence-corrected chi connectivity index (χ1v) is 22.8. The van der Waals surface area contributed by atoms with Gasteiger partial charge in [-0.25, -0.2) is 0 Å². The highest BCUT2D eigenvalue weighted by Crippen LogP contribution is 2.21. The van der Waals surface area contributed by atoms with E-state index in [1.807, 2.05) is 0 Å². The molecule has 0 heterocycles. The first-order valence-electron chi connectivity index (χ1n) is 22.8. The molecule has 0 amide bonds. The summed E-state index contributed by atoms with van der Waals surface area (Å²) in [5, 5.41) is 0. The Morgan fingerprint density at radius 3 is 1.18 bits per heavy atom. The van der Waals surface area contributed by atoms with E-state index in [4.69, 9.17) is 4.74 Å². The van der Waals surface area contributed by atoms with Gasteiger partial charge in [-0.3, -0.25) is 4.79 Å². The van der Waals surface area contributed by atoms with E-state index in [1.165, 1.54) is 167 Å². The Bertz CT molecular complexity index is 682. The van der Waals surface area contributed by atoms with E-state index in [0.717, 1.165) is 36.5 Å². The molecule has 0 aliphatic rings. The SMILES string of the molecule is C=CC(C)CCCC(C)CCCC(C)C.CCCCCCCCCCCCCCCCCC(=O)OCCC(C)CCCC(C)CCCC(C)C. The van der Waals surface area contributed by atoms with Gasteiger partial charge in [-0.2, -0.15) is 0 Å². The Hall–Kier alpha value is -0.790. The molecule has 0 aromatic carbocycles. The van der Waals surface area contributed by atoms with E-state index >= 15 is 0 Å². The molecule has 0 aromatic rings. The minimum absolute atomic E-state index is 0.0191. The van der Waals surface area contributed by atoms with Crippen LogP contribution in [0.5, 0.6) is 0 Å². The number of unbranched alkanes of at least 4 members (excludes halogenated alkanes) is 14. The molecule has 0 aliphatic carbocycles. The molecule has 0 bridgehead atoms. The predicted octanol–water partition coefficient (Wildman–Crippen LogP) is 16.9. The van der Waals surface area contributed by atoms with E-state index in [-0.39, 0.29) is 5.97 Å². The maximum atomic E-state index is 12.0. The van der Waals surface area contributed by atoms with E-state index in [0.29, 0.717) is 24.9 Å². The van der Waals surface area contributed by atoms with Gasteiger partial charge in [0, 0.05) is 6.42 Å². The van der Waals surface area contributed by atoms with Crippen LogP contribution < -0.4 is 0 Å². The fourth-order valence-electron chi connectivity index (χ4n) is 6.99. The molecule has 0 N–H and O–H groups in total. The van der Waals surface area contributed by atoms with Crippen molar-refractivity contribution in [3.05, 3.63) is 12.7 Å². The zero-order valence-corrected chi connectivity index (χ0v) is 36.3. The Kier molecular flexibility index (Phi) is 40.5. The molecule has 0 fully saturated rings. The van der Waals surface area contributed by atoms with Crippen LogP contribution in [0.4, 0.5) is 0 Å². The average Bonchev–Trinajstić information content (AvgIpc) is 3.06. The second kappa shape index (κ2) is 39.4. The summed E-state index contributed by atoms with van der Waals surface area (Å²) in [5.74, 6) is 4.87. The predicted molar refractivity (Wildman–Crippen MR) is 227 cm³/mol. The van der Waals surface area contributed by atoms with E-state index in [1.54, 1.807) is 0 Å². The van der Waals surface area contributed by atoms with Gasteiger partial charge in [0.05, 0.1) is 6.61 Å². The fraction of sp³-hybridized carbons (Fsp3) is 0.938. The lowest BCUT2D eigenvalue weighted by atomic mass is 9.93. The highest BCUT2D eigenvalue weighted by molar-refractivity contribution is 5.69. The number of carbonyl (C=O) groups is 1. The summed E-state index contributed by atoms with van der Waals surface area (Å²) >= 11 is 0. The second-order valence-corrected chi connectivity index (χ2v) is 17.7. The maximum absolute atomic E-state index is 12.0. The molecular weight excluding hydrogens is 609 g/mol. The molecule has 0 aliphatic heterocycles. The van der Waals surface area contributed by atoms with Gasteiger partial charge < -0.3 is 4.74 Å². The van der Waals surface area contributed by atoms with Crippen LogP contribution in [0.15, 0.2) is 12.7 Å². The summed E-state index contributed by atoms with van der Waals surface area (Å²) in [6.07, 6.45) is 40.4. The number of hydrogen-bond donors (Lipinski definition) is 0. The molecule has 2 nitrogen and oxygen atoms in total. The van der Waals surface area contributed by atoms with Gasteiger partial charge in [-0.1, -0.05) is 229 Å². The van der Waals surface area contributed by atoms with Crippen molar-refractivity contribution in [1.29, 1.82) is 0 Å². The lowest BCUT2D eigenvalue weighted by molar-refractivity contribution is -0.144. The van der Waals surface area contributed by atoms with Crippen LogP contribution in [0.3, 0.4) is 0 Å². The molecule has 0 saturated heterocycles. The van der Waals surface area contributed by atoms with E-state index in [9.17, 15) is 4.79 Å². The monoisotopic (exact) mass is 705 g/mol. The summed E-state index contributed by atoms with van der Waals surface area (Å²) < 4.78 is 5.50. The molecule has 4 atom stereocenters. The molecule has 0 radical (unpaired) electrons. The number of carbonyl (C=O) groups excluding carboxylic acids is 1. The Balaban J connectivity index is 0. The first kappa shape index (κ1) is 51.3. The quantitative estimate of drug-likeness (QED) is 0.0369. The van der Waals surface area contributed by atoms with Crippen molar-refractivity contribution in [2.24, 2.45) is 35.5 Å². The molecule has 300 valence electrons. The van der Waals surface area contributed by atoms with Crippen LogP contribution in [-0.2, 0) is 9.53 Å². The van der Waals surface area contributed by atoms with Gasteiger partial charge in [0.1, 0.15) is 0 Å². The first-order chi connectivity index (χ1) is 24.0. The second-order valence-electron chi connectivity index (χ2n) is 17.7. The van der Waals surface area contributed by atoms with Crippen LogP contribution >= 0.6 is 0 Å². The number of ether oxygens (including phenoxy) is 1. The fourth-order valence-corrected chi connectivity index (χ4v) is 6.99. The maximum Gasteiger partial charge on any atom is 0.305 e. The molecule has 0 aromatic heterocycles. The van der Waals surface area contributed by atoms with Crippen molar-refractivity contribution in [2.75, 3.05) is 6.61 Å². The Labute approximate surface area is 317 Å². The minimum atomic E-state index is 0.0191. The molecular formula is C48H96O2. The van der Waals surface area contributed by atoms with Gasteiger partial charge in [0.25, 0.3) is 0 Å². The Morgan fingerprint density at radius 1 is 0.460 bits per heavy atom. The van der Waals surface area contributed by atoms with Crippen molar-refractivity contribution >= 4 is 5.97 Å². The van der Waals surface area contributed by atoms with E-state index < -0.39 is 0 Å². The highest BCUT2D eigenvalue weighted by Gasteiger charge is 2.09. The number of allylic oxidation sites excluding steroid dienone is 1. The van der Waals surface area contributed by atoms with Crippen molar-refractivity contribution in [2.45, 2.75) is 249 Å². The standard InChI is InChI=1S/C33H66O2.C15H30/c1-6-7-8-9-10-11-12-13-14-15-16-17-18-19-20-27-33(34)35-29-28-32(5)26-22-25-31(4)24-21-23-30(2)3;1-6-14(4)10-8-12-15(5)11-7-9-13(2)3/h30-32H,6-29H2,1-5H3;6,13-15H,1,7-12H2,2-5H3. The molecule has 2 heteroatoms. The van der Waals surface area contributed by atoms with Crippen LogP contribution in [0.25, 0.3) is 0 Å². The van der Waals surface area contributed by atoms with Gasteiger partial charge in [-0.05, 0) is 54.8 Å². The highest BCUT2D eigenvalue weighted by atomic mass is 16.5. The summed E-state index contributed by atoms with van der Waals surface area (Å²) in [6.45, 7) is 25.4. The van der Waals surface area contributed by atoms with Crippen LogP contribution in [0.2, 0.25) is 0 Å². The summed E-state index contributed by atoms with van der Waals surface area (Å²) in [5.41, 5.74) is 0. The lowest BCUT2D eigenvalue weighted by Crippen LogP contribution is -2.09. The number of rotatable bonds is 36. The third-order valence-electron chi connectivity index (χ3n) is 11.0.